The van der Waals surface area contributed by atoms with Gasteiger partial charge >= 0.3 is 5.69 Å². The maximum absolute atomic E-state index is 11.6. The molecule has 2 aromatic rings. The number of nitrogens with one attached hydrogen (secondary N) is 2. The Bertz CT molecular complexity index is 687. The van der Waals surface area contributed by atoms with E-state index >= 15 is 0 Å². The Hall–Kier alpha value is -1.53. The van der Waals surface area contributed by atoms with Crippen molar-refractivity contribution in [2.75, 3.05) is 0 Å². The summed E-state index contributed by atoms with van der Waals surface area (Å²) in [5.74, 6) is 0. The van der Waals surface area contributed by atoms with Crippen molar-refractivity contribution in [2.24, 2.45) is 0 Å². The highest BCUT2D eigenvalue weighted by Gasteiger charge is 2.20. The second kappa shape index (κ2) is 6.07. The molecular weight excluding hydrogens is 284 g/mol. The molecule has 0 aliphatic heterocycles. The number of aromatic nitrogens is 3. The normalized spacial score (nSPS) is 14.6. The van der Waals surface area contributed by atoms with Crippen LogP contribution in [0, 0.1) is 6.92 Å². The van der Waals surface area contributed by atoms with E-state index in [-0.39, 0.29) is 5.69 Å². The van der Waals surface area contributed by atoms with Crippen LogP contribution in [-0.4, -0.2) is 20.8 Å². The Balaban J connectivity index is 1.73. The Morgan fingerprint density at radius 3 is 2.95 bits per heavy atom. The minimum absolute atomic E-state index is 0.151. The van der Waals surface area contributed by atoms with Crippen molar-refractivity contribution in [2.45, 2.75) is 55.9 Å². The van der Waals surface area contributed by atoms with Gasteiger partial charge in [0.2, 0.25) is 0 Å². The van der Waals surface area contributed by atoms with E-state index in [2.05, 4.69) is 40.6 Å². The summed E-state index contributed by atoms with van der Waals surface area (Å²) in [4.78, 5) is 12.7. The summed E-state index contributed by atoms with van der Waals surface area (Å²) < 4.78 is 1.64. The highest BCUT2D eigenvalue weighted by atomic mass is 32.2. The lowest BCUT2D eigenvalue weighted by atomic mass is 10.1. The number of aromatic amines is 1. The maximum Gasteiger partial charge on any atom is 0.343 e. The second-order valence-electron chi connectivity index (χ2n) is 5.40. The monoisotopic (exact) mass is 304 g/mol. The number of hydrogen-bond acceptors (Lipinski definition) is 4. The van der Waals surface area contributed by atoms with Crippen LogP contribution in [0.5, 0.6) is 0 Å². The second-order valence-corrected chi connectivity index (χ2v) is 6.44. The molecule has 2 N–H and O–H groups in total. The number of benzene rings is 1. The molecule has 0 amide bonds. The fraction of sp³-hybridized carbons (Fsp3) is 0.467. The van der Waals surface area contributed by atoms with E-state index in [1.54, 1.807) is 4.57 Å². The van der Waals surface area contributed by atoms with Crippen molar-refractivity contribution in [3.8, 4) is 0 Å². The molecule has 0 saturated heterocycles. The number of H-pyrrole nitrogens is 1. The van der Waals surface area contributed by atoms with Crippen LogP contribution in [-0.2, 0) is 13.1 Å². The molecule has 1 aromatic heterocycles. The first kappa shape index (κ1) is 14.4. The zero-order valence-electron chi connectivity index (χ0n) is 12.3. The summed E-state index contributed by atoms with van der Waals surface area (Å²) in [7, 11) is 0. The highest BCUT2D eigenvalue weighted by molar-refractivity contribution is 7.99. The average molecular weight is 304 g/mol. The van der Waals surface area contributed by atoms with Crippen molar-refractivity contribution < 1.29 is 0 Å². The summed E-state index contributed by atoms with van der Waals surface area (Å²) in [5.41, 5.74) is 2.46. The first-order valence-electron chi connectivity index (χ1n) is 7.33. The molecule has 0 bridgehead atoms. The minimum atomic E-state index is -0.151. The third-order valence-electron chi connectivity index (χ3n) is 3.72. The molecule has 1 aliphatic carbocycles. The van der Waals surface area contributed by atoms with Crippen molar-refractivity contribution in [1.29, 1.82) is 0 Å². The molecule has 6 heteroatoms. The summed E-state index contributed by atoms with van der Waals surface area (Å²) in [6.45, 7) is 5.63. The fourth-order valence-electron chi connectivity index (χ4n) is 2.24. The van der Waals surface area contributed by atoms with E-state index in [1.165, 1.54) is 35.7 Å². The third kappa shape index (κ3) is 3.39. The van der Waals surface area contributed by atoms with Gasteiger partial charge in [0.1, 0.15) is 0 Å². The lowest BCUT2D eigenvalue weighted by Gasteiger charge is -2.09. The molecule has 3 rings (SSSR count). The molecule has 1 aliphatic rings. The van der Waals surface area contributed by atoms with Crippen LogP contribution < -0.4 is 11.0 Å². The quantitative estimate of drug-likeness (QED) is 0.859. The summed E-state index contributed by atoms with van der Waals surface area (Å²) >= 11 is 1.52. The Kier molecular flexibility index (Phi) is 4.17. The third-order valence-corrected chi connectivity index (χ3v) is 4.71. The first-order chi connectivity index (χ1) is 10.2. The zero-order valence-corrected chi connectivity index (χ0v) is 13.2. The fourth-order valence-corrected chi connectivity index (χ4v) is 3.23. The van der Waals surface area contributed by atoms with Gasteiger partial charge in [0.25, 0.3) is 0 Å². The Labute approximate surface area is 128 Å². The topological polar surface area (TPSA) is 62.7 Å². The summed E-state index contributed by atoms with van der Waals surface area (Å²) in [6, 6.07) is 7.14. The van der Waals surface area contributed by atoms with Gasteiger partial charge < -0.3 is 5.32 Å². The van der Waals surface area contributed by atoms with Crippen LogP contribution in [0.1, 0.15) is 30.9 Å². The van der Waals surface area contributed by atoms with Gasteiger partial charge in [-0.05, 0) is 61.7 Å². The van der Waals surface area contributed by atoms with Gasteiger partial charge in [-0.1, -0.05) is 6.07 Å². The van der Waals surface area contributed by atoms with Gasteiger partial charge in [0, 0.05) is 24.0 Å². The molecule has 112 valence electrons. The van der Waals surface area contributed by atoms with Gasteiger partial charge in [-0.3, -0.25) is 4.57 Å². The van der Waals surface area contributed by atoms with E-state index < -0.39 is 0 Å². The van der Waals surface area contributed by atoms with Crippen LogP contribution >= 0.6 is 11.8 Å². The first-order valence-corrected chi connectivity index (χ1v) is 8.15. The van der Waals surface area contributed by atoms with E-state index in [4.69, 9.17) is 0 Å². The van der Waals surface area contributed by atoms with Gasteiger partial charge in [-0.2, -0.15) is 0 Å². The molecule has 21 heavy (non-hydrogen) atoms. The van der Waals surface area contributed by atoms with Gasteiger partial charge in [-0.25, -0.2) is 9.89 Å². The number of aryl methyl sites for hydroxylation is 1. The predicted molar refractivity (Wildman–Crippen MR) is 83.7 cm³/mol. The van der Waals surface area contributed by atoms with Crippen molar-refractivity contribution in [3.05, 3.63) is 39.8 Å². The van der Waals surface area contributed by atoms with E-state index in [0.29, 0.717) is 11.7 Å². The molecule has 0 radical (unpaired) electrons. The lowest BCUT2D eigenvalue weighted by Crippen LogP contribution is -2.16. The van der Waals surface area contributed by atoms with Crippen LogP contribution in [0.15, 0.2) is 33.0 Å². The van der Waals surface area contributed by atoms with Crippen molar-refractivity contribution in [1.82, 2.24) is 20.1 Å². The zero-order chi connectivity index (χ0) is 14.8. The molecule has 0 atom stereocenters. The standard InChI is InChI=1S/C15H20N4OS/c1-3-19-14(20)17-18-15(19)21-13-7-4-11(10(2)8-13)9-16-12-5-6-12/h4,7-8,12,16H,3,5-6,9H2,1-2H3,(H,17,20). The molecule has 0 spiro atoms. The van der Waals surface area contributed by atoms with Crippen molar-refractivity contribution in [3.63, 3.8) is 0 Å². The molecule has 1 aromatic carbocycles. The van der Waals surface area contributed by atoms with E-state index in [9.17, 15) is 4.79 Å². The Morgan fingerprint density at radius 2 is 2.29 bits per heavy atom. The highest BCUT2D eigenvalue weighted by Crippen LogP contribution is 2.27. The summed E-state index contributed by atoms with van der Waals surface area (Å²) in [6.07, 6.45) is 2.61. The molecule has 0 unspecified atom stereocenters. The van der Waals surface area contributed by atoms with Crippen LogP contribution in [0.3, 0.4) is 0 Å². The maximum atomic E-state index is 11.6. The Morgan fingerprint density at radius 1 is 1.48 bits per heavy atom. The predicted octanol–water partition coefficient (Wildman–Crippen LogP) is 2.30. The molecule has 1 heterocycles. The SMILES string of the molecule is CCn1c(Sc2ccc(CNC3CC3)c(C)c2)n[nH]c1=O. The van der Waals surface area contributed by atoms with Crippen LogP contribution in [0.2, 0.25) is 0 Å². The molecule has 1 saturated carbocycles. The van der Waals surface area contributed by atoms with E-state index in [1.807, 2.05) is 6.92 Å². The minimum Gasteiger partial charge on any atom is -0.310 e. The smallest absolute Gasteiger partial charge is 0.310 e. The number of rotatable bonds is 6. The van der Waals surface area contributed by atoms with Gasteiger partial charge in [0.05, 0.1) is 0 Å². The lowest BCUT2D eigenvalue weighted by molar-refractivity contribution is 0.660. The average Bonchev–Trinajstić information content (AvgIpc) is 3.22. The molecular formula is C15H20N4OS. The van der Waals surface area contributed by atoms with Crippen molar-refractivity contribution >= 4 is 11.8 Å². The van der Waals surface area contributed by atoms with Gasteiger partial charge in [0.15, 0.2) is 5.16 Å². The summed E-state index contributed by atoms with van der Waals surface area (Å²) in [5, 5.41) is 10.8. The number of hydrogen-bond donors (Lipinski definition) is 2. The van der Waals surface area contributed by atoms with Crippen LogP contribution in [0.4, 0.5) is 0 Å². The molecule has 5 nitrogen and oxygen atoms in total. The van der Waals surface area contributed by atoms with Gasteiger partial charge in [-0.15, -0.1) is 5.10 Å². The largest absolute Gasteiger partial charge is 0.343 e. The number of nitrogens with zero attached hydrogens (tertiary/aromatic N) is 2. The van der Waals surface area contributed by atoms with E-state index in [0.717, 1.165) is 17.5 Å². The van der Waals surface area contributed by atoms with Crippen LogP contribution in [0.25, 0.3) is 0 Å². The molecule has 1 fully saturated rings.